The standard InChI is InChI=1S/C12H21N3OS/c1-12(8-13)3-4-15(9-12)5-10-7-17-11(14-10)6-16-2/h7H,3-6,8-9,13H2,1-2H3. The number of ether oxygens (including phenoxy) is 1. The average molecular weight is 255 g/mol. The average Bonchev–Trinajstić information content (AvgIpc) is 2.89. The highest BCUT2D eigenvalue weighted by Crippen LogP contribution is 2.29. The van der Waals surface area contributed by atoms with Crippen molar-refractivity contribution in [2.24, 2.45) is 11.1 Å². The van der Waals surface area contributed by atoms with E-state index in [0.29, 0.717) is 12.0 Å². The van der Waals surface area contributed by atoms with Crippen LogP contribution in [0.3, 0.4) is 0 Å². The van der Waals surface area contributed by atoms with Gasteiger partial charge in [-0.1, -0.05) is 6.92 Å². The molecule has 4 nitrogen and oxygen atoms in total. The molecule has 2 rings (SSSR count). The molecule has 1 fully saturated rings. The zero-order valence-corrected chi connectivity index (χ0v) is 11.4. The first kappa shape index (κ1) is 13.0. The lowest BCUT2D eigenvalue weighted by Gasteiger charge is -2.22. The molecule has 0 aromatic carbocycles. The van der Waals surface area contributed by atoms with E-state index in [2.05, 4.69) is 22.2 Å². The molecule has 0 aliphatic carbocycles. The highest BCUT2D eigenvalue weighted by Gasteiger charge is 2.32. The lowest BCUT2D eigenvalue weighted by atomic mass is 9.90. The van der Waals surface area contributed by atoms with E-state index in [0.717, 1.165) is 36.9 Å². The van der Waals surface area contributed by atoms with E-state index < -0.39 is 0 Å². The fraction of sp³-hybridized carbons (Fsp3) is 0.750. The summed E-state index contributed by atoms with van der Waals surface area (Å²) in [6, 6.07) is 0. The number of aromatic nitrogens is 1. The predicted molar refractivity (Wildman–Crippen MR) is 69.9 cm³/mol. The Morgan fingerprint density at radius 2 is 2.47 bits per heavy atom. The summed E-state index contributed by atoms with van der Waals surface area (Å²) in [4.78, 5) is 7.00. The van der Waals surface area contributed by atoms with E-state index in [1.54, 1.807) is 18.4 Å². The van der Waals surface area contributed by atoms with E-state index in [4.69, 9.17) is 10.5 Å². The third-order valence-electron chi connectivity index (χ3n) is 3.38. The van der Waals surface area contributed by atoms with Crippen molar-refractivity contribution < 1.29 is 4.74 Å². The minimum absolute atomic E-state index is 0.297. The van der Waals surface area contributed by atoms with Crippen molar-refractivity contribution in [3.63, 3.8) is 0 Å². The van der Waals surface area contributed by atoms with Gasteiger partial charge in [0.2, 0.25) is 0 Å². The van der Waals surface area contributed by atoms with E-state index >= 15 is 0 Å². The second kappa shape index (κ2) is 5.44. The molecule has 2 heterocycles. The topological polar surface area (TPSA) is 51.4 Å². The zero-order valence-electron chi connectivity index (χ0n) is 10.6. The molecular weight excluding hydrogens is 234 g/mol. The third-order valence-corrected chi connectivity index (χ3v) is 4.25. The second-order valence-electron chi connectivity index (χ2n) is 5.14. The fourth-order valence-corrected chi connectivity index (χ4v) is 3.02. The molecule has 1 atom stereocenters. The molecule has 0 saturated carbocycles. The minimum atomic E-state index is 0.297. The van der Waals surface area contributed by atoms with Crippen molar-refractivity contribution in [1.29, 1.82) is 0 Å². The van der Waals surface area contributed by atoms with Crippen LogP contribution in [0.2, 0.25) is 0 Å². The molecule has 5 heteroatoms. The monoisotopic (exact) mass is 255 g/mol. The molecule has 1 aromatic heterocycles. The number of hydrogen-bond acceptors (Lipinski definition) is 5. The number of methoxy groups -OCH3 is 1. The summed E-state index contributed by atoms with van der Waals surface area (Å²) in [5.74, 6) is 0. The third kappa shape index (κ3) is 3.25. The molecule has 0 bridgehead atoms. The summed E-state index contributed by atoms with van der Waals surface area (Å²) in [5.41, 5.74) is 7.26. The zero-order chi connectivity index (χ0) is 12.3. The van der Waals surface area contributed by atoms with Crippen LogP contribution in [-0.4, -0.2) is 36.6 Å². The minimum Gasteiger partial charge on any atom is -0.378 e. The molecule has 1 aliphatic rings. The molecular formula is C12H21N3OS. The van der Waals surface area contributed by atoms with Gasteiger partial charge in [-0.15, -0.1) is 11.3 Å². The number of nitrogens with two attached hydrogens (primary N) is 1. The molecule has 1 aliphatic heterocycles. The Kier molecular flexibility index (Phi) is 4.14. The van der Waals surface area contributed by atoms with Gasteiger partial charge in [-0.05, 0) is 24.9 Å². The van der Waals surface area contributed by atoms with Crippen LogP contribution < -0.4 is 5.73 Å². The molecule has 1 aromatic rings. The first-order valence-electron chi connectivity index (χ1n) is 6.00. The number of likely N-dealkylation sites (tertiary alicyclic amines) is 1. The molecule has 1 unspecified atom stereocenters. The van der Waals surface area contributed by atoms with Crippen LogP contribution >= 0.6 is 11.3 Å². The van der Waals surface area contributed by atoms with Gasteiger partial charge in [0.05, 0.1) is 12.3 Å². The quantitative estimate of drug-likeness (QED) is 0.865. The van der Waals surface area contributed by atoms with E-state index in [1.165, 1.54) is 6.42 Å². The Hall–Kier alpha value is -0.490. The highest BCUT2D eigenvalue weighted by molar-refractivity contribution is 7.09. The number of hydrogen-bond donors (Lipinski definition) is 1. The summed E-state index contributed by atoms with van der Waals surface area (Å²) in [7, 11) is 1.70. The molecule has 0 radical (unpaired) electrons. The van der Waals surface area contributed by atoms with Crippen molar-refractivity contribution in [3.8, 4) is 0 Å². The Labute approximate surface area is 107 Å². The van der Waals surface area contributed by atoms with E-state index in [-0.39, 0.29) is 0 Å². The van der Waals surface area contributed by atoms with Crippen molar-refractivity contribution in [1.82, 2.24) is 9.88 Å². The van der Waals surface area contributed by atoms with Crippen LogP contribution in [-0.2, 0) is 17.9 Å². The maximum Gasteiger partial charge on any atom is 0.119 e. The van der Waals surface area contributed by atoms with Crippen molar-refractivity contribution in [3.05, 3.63) is 16.1 Å². The number of nitrogens with zero attached hydrogens (tertiary/aromatic N) is 2. The predicted octanol–water partition coefficient (Wildman–Crippen LogP) is 1.46. The Bertz CT molecular complexity index is 368. The molecule has 0 amide bonds. The van der Waals surface area contributed by atoms with Crippen LogP contribution in [0.1, 0.15) is 24.0 Å². The number of thiazole rings is 1. The highest BCUT2D eigenvalue weighted by atomic mass is 32.1. The molecule has 2 N–H and O–H groups in total. The Morgan fingerprint density at radius 1 is 1.65 bits per heavy atom. The van der Waals surface area contributed by atoms with Crippen LogP contribution in [0.5, 0.6) is 0 Å². The summed E-state index contributed by atoms with van der Waals surface area (Å²) in [6.07, 6.45) is 1.19. The maximum atomic E-state index is 5.81. The van der Waals surface area contributed by atoms with Gasteiger partial charge in [0, 0.05) is 25.6 Å². The van der Waals surface area contributed by atoms with E-state index in [1.807, 2.05) is 0 Å². The summed E-state index contributed by atoms with van der Waals surface area (Å²) in [6.45, 7) is 6.81. The maximum absolute atomic E-state index is 5.81. The summed E-state index contributed by atoms with van der Waals surface area (Å²) >= 11 is 1.68. The van der Waals surface area contributed by atoms with Gasteiger partial charge >= 0.3 is 0 Å². The SMILES string of the molecule is COCc1nc(CN2CCC(C)(CN)C2)cs1. The van der Waals surface area contributed by atoms with Gasteiger partial charge in [-0.3, -0.25) is 4.90 Å². The van der Waals surface area contributed by atoms with Crippen molar-refractivity contribution in [2.75, 3.05) is 26.7 Å². The normalized spacial score (nSPS) is 25.6. The summed E-state index contributed by atoms with van der Waals surface area (Å²) in [5, 5.41) is 3.19. The molecule has 17 heavy (non-hydrogen) atoms. The van der Waals surface area contributed by atoms with Crippen molar-refractivity contribution >= 4 is 11.3 Å². The second-order valence-corrected chi connectivity index (χ2v) is 6.08. The van der Waals surface area contributed by atoms with Gasteiger partial charge < -0.3 is 10.5 Å². The molecule has 96 valence electrons. The summed E-state index contributed by atoms with van der Waals surface area (Å²) < 4.78 is 5.08. The van der Waals surface area contributed by atoms with Crippen LogP contribution in [0.4, 0.5) is 0 Å². The smallest absolute Gasteiger partial charge is 0.119 e. The number of rotatable bonds is 5. The molecule has 1 saturated heterocycles. The first-order valence-corrected chi connectivity index (χ1v) is 6.88. The van der Waals surface area contributed by atoms with Gasteiger partial charge in [0.1, 0.15) is 5.01 Å². The lowest BCUT2D eigenvalue weighted by Crippen LogP contribution is -2.31. The largest absolute Gasteiger partial charge is 0.378 e. The van der Waals surface area contributed by atoms with E-state index in [9.17, 15) is 0 Å². The van der Waals surface area contributed by atoms with Crippen LogP contribution in [0, 0.1) is 5.41 Å². The first-order chi connectivity index (χ1) is 8.15. The Morgan fingerprint density at radius 3 is 3.12 bits per heavy atom. The van der Waals surface area contributed by atoms with Crippen LogP contribution in [0.25, 0.3) is 0 Å². The van der Waals surface area contributed by atoms with Crippen LogP contribution in [0.15, 0.2) is 5.38 Å². The molecule has 0 spiro atoms. The Balaban J connectivity index is 1.89. The lowest BCUT2D eigenvalue weighted by molar-refractivity contribution is 0.184. The van der Waals surface area contributed by atoms with Crippen molar-refractivity contribution in [2.45, 2.75) is 26.5 Å². The van der Waals surface area contributed by atoms with Gasteiger partial charge in [0.25, 0.3) is 0 Å². The van der Waals surface area contributed by atoms with Gasteiger partial charge in [-0.25, -0.2) is 4.98 Å². The van der Waals surface area contributed by atoms with Gasteiger partial charge in [-0.2, -0.15) is 0 Å². The van der Waals surface area contributed by atoms with Gasteiger partial charge in [0.15, 0.2) is 0 Å². The fourth-order valence-electron chi connectivity index (χ4n) is 2.27.